The minimum Gasteiger partial charge on any atom is -0.493 e. The van der Waals surface area contributed by atoms with E-state index in [1.807, 2.05) is 30.3 Å². The number of amides is 3. The predicted octanol–water partition coefficient (Wildman–Crippen LogP) is 2.64. The summed E-state index contributed by atoms with van der Waals surface area (Å²) in [6.45, 7) is 1.58. The number of carboxylic acids is 1. The van der Waals surface area contributed by atoms with Crippen LogP contribution in [0.5, 0.6) is 11.5 Å². The fourth-order valence-corrected chi connectivity index (χ4v) is 2.76. The molecule has 1 saturated heterocycles. The zero-order valence-corrected chi connectivity index (χ0v) is 15.9. The fourth-order valence-electron chi connectivity index (χ4n) is 2.76. The molecule has 1 aliphatic heterocycles. The molecule has 29 heavy (non-hydrogen) atoms. The first-order valence-corrected chi connectivity index (χ1v) is 8.85. The van der Waals surface area contributed by atoms with E-state index in [1.165, 1.54) is 20.1 Å². The SMILES string of the molecule is COc1cc(C=C2NC(=O)N(Cc3ccccc3)C2=O)ccc1OC(C)C(=O)O. The van der Waals surface area contributed by atoms with Crippen LogP contribution in [0.3, 0.4) is 0 Å². The summed E-state index contributed by atoms with van der Waals surface area (Å²) in [6, 6.07) is 13.5. The summed E-state index contributed by atoms with van der Waals surface area (Å²) in [6.07, 6.45) is 0.480. The van der Waals surface area contributed by atoms with Gasteiger partial charge >= 0.3 is 12.0 Å². The van der Waals surface area contributed by atoms with Crippen molar-refractivity contribution in [3.05, 3.63) is 65.4 Å². The average molecular weight is 396 g/mol. The van der Waals surface area contributed by atoms with Gasteiger partial charge in [0.15, 0.2) is 17.6 Å². The summed E-state index contributed by atoms with van der Waals surface area (Å²) >= 11 is 0. The number of ether oxygens (including phenoxy) is 2. The molecule has 1 aliphatic rings. The molecule has 0 aliphatic carbocycles. The lowest BCUT2D eigenvalue weighted by molar-refractivity contribution is -0.144. The molecule has 2 aromatic carbocycles. The largest absolute Gasteiger partial charge is 0.493 e. The Bertz CT molecular complexity index is 970. The molecule has 1 fully saturated rings. The normalized spacial score (nSPS) is 15.9. The molecule has 1 atom stereocenters. The molecular weight excluding hydrogens is 376 g/mol. The molecule has 0 radical (unpaired) electrons. The van der Waals surface area contributed by atoms with Gasteiger partial charge < -0.3 is 19.9 Å². The van der Waals surface area contributed by atoms with Gasteiger partial charge in [-0.15, -0.1) is 0 Å². The van der Waals surface area contributed by atoms with Crippen LogP contribution in [0.4, 0.5) is 4.79 Å². The summed E-state index contributed by atoms with van der Waals surface area (Å²) in [4.78, 5) is 36.9. The summed E-state index contributed by atoms with van der Waals surface area (Å²) in [7, 11) is 1.43. The van der Waals surface area contributed by atoms with E-state index in [0.29, 0.717) is 11.3 Å². The topological polar surface area (TPSA) is 105 Å². The highest BCUT2D eigenvalue weighted by Gasteiger charge is 2.33. The Balaban J connectivity index is 1.80. The Kier molecular flexibility index (Phi) is 5.82. The molecule has 0 aromatic heterocycles. The van der Waals surface area contributed by atoms with Crippen molar-refractivity contribution >= 4 is 24.0 Å². The number of carbonyl (C=O) groups is 3. The zero-order valence-electron chi connectivity index (χ0n) is 15.9. The van der Waals surface area contributed by atoms with Gasteiger partial charge in [0.2, 0.25) is 0 Å². The molecule has 8 nitrogen and oxygen atoms in total. The lowest BCUT2D eigenvalue weighted by atomic mass is 10.1. The lowest BCUT2D eigenvalue weighted by Gasteiger charge is -2.14. The van der Waals surface area contributed by atoms with Crippen molar-refractivity contribution in [2.45, 2.75) is 19.6 Å². The van der Waals surface area contributed by atoms with Crippen LogP contribution >= 0.6 is 0 Å². The van der Waals surface area contributed by atoms with Crippen LogP contribution in [-0.4, -0.2) is 41.1 Å². The molecule has 1 unspecified atom stereocenters. The van der Waals surface area contributed by atoms with Gasteiger partial charge in [0.05, 0.1) is 13.7 Å². The quantitative estimate of drug-likeness (QED) is 0.551. The number of nitrogens with zero attached hydrogens (tertiary/aromatic N) is 1. The number of benzene rings is 2. The van der Waals surface area contributed by atoms with E-state index in [2.05, 4.69) is 5.32 Å². The zero-order chi connectivity index (χ0) is 21.0. The summed E-state index contributed by atoms with van der Waals surface area (Å²) in [5, 5.41) is 11.5. The number of methoxy groups -OCH3 is 1. The van der Waals surface area contributed by atoms with Crippen LogP contribution in [0.1, 0.15) is 18.1 Å². The third-order valence-corrected chi connectivity index (χ3v) is 4.30. The van der Waals surface area contributed by atoms with Crippen LogP contribution in [0.25, 0.3) is 6.08 Å². The van der Waals surface area contributed by atoms with E-state index in [0.717, 1.165) is 10.5 Å². The third-order valence-electron chi connectivity index (χ3n) is 4.30. The average Bonchev–Trinajstić information content (AvgIpc) is 2.97. The smallest absolute Gasteiger partial charge is 0.344 e. The van der Waals surface area contributed by atoms with Gasteiger partial charge in [-0.2, -0.15) is 0 Å². The van der Waals surface area contributed by atoms with Crippen molar-refractivity contribution in [3.63, 3.8) is 0 Å². The molecular formula is C21H20N2O6. The Labute approximate surface area is 167 Å². The predicted molar refractivity (Wildman–Crippen MR) is 104 cm³/mol. The van der Waals surface area contributed by atoms with Gasteiger partial charge in [-0.05, 0) is 36.3 Å². The number of carbonyl (C=O) groups excluding carboxylic acids is 2. The van der Waals surface area contributed by atoms with Crippen LogP contribution in [-0.2, 0) is 16.1 Å². The Morgan fingerprint density at radius 3 is 2.55 bits per heavy atom. The number of nitrogens with one attached hydrogen (secondary N) is 1. The number of hydrogen-bond donors (Lipinski definition) is 2. The Morgan fingerprint density at radius 1 is 1.17 bits per heavy atom. The van der Waals surface area contributed by atoms with Gasteiger partial charge in [0.25, 0.3) is 5.91 Å². The van der Waals surface area contributed by atoms with Gasteiger partial charge in [0, 0.05) is 0 Å². The second-order valence-electron chi connectivity index (χ2n) is 6.37. The molecule has 8 heteroatoms. The minimum atomic E-state index is -1.10. The summed E-state index contributed by atoms with van der Waals surface area (Å²) < 4.78 is 10.6. The third kappa shape index (κ3) is 4.55. The van der Waals surface area contributed by atoms with Crippen molar-refractivity contribution in [2.75, 3.05) is 7.11 Å². The van der Waals surface area contributed by atoms with Gasteiger partial charge in [-0.3, -0.25) is 9.69 Å². The number of urea groups is 1. The van der Waals surface area contributed by atoms with Crippen LogP contribution in [0.15, 0.2) is 54.2 Å². The molecule has 2 aromatic rings. The minimum absolute atomic E-state index is 0.139. The highest BCUT2D eigenvalue weighted by atomic mass is 16.5. The molecule has 0 spiro atoms. The molecule has 0 bridgehead atoms. The van der Waals surface area contributed by atoms with Crippen LogP contribution < -0.4 is 14.8 Å². The van der Waals surface area contributed by atoms with Crippen molar-refractivity contribution in [1.82, 2.24) is 10.2 Å². The second-order valence-corrected chi connectivity index (χ2v) is 6.37. The van der Waals surface area contributed by atoms with Crippen molar-refractivity contribution in [3.8, 4) is 11.5 Å². The number of rotatable bonds is 7. The van der Waals surface area contributed by atoms with E-state index in [4.69, 9.17) is 14.6 Å². The molecule has 2 N–H and O–H groups in total. The maximum Gasteiger partial charge on any atom is 0.344 e. The first-order chi connectivity index (χ1) is 13.9. The van der Waals surface area contributed by atoms with Gasteiger partial charge in [-0.1, -0.05) is 36.4 Å². The maximum atomic E-state index is 12.6. The van der Waals surface area contributed by atoms with E-state index < -0.39 is 24.0 Å². The fraction of sp³-hybridized carbons (Fsp3) is 0.190. The monoisotopic (exact) mass is 396 g/mol. The van der Waals surface area contributed by atoms with E-state index in [9.17, 15) is 14.4 Å². The molecule has 150 valence electrons. The van der Waals surface area contributed by atoms with E-state index in [-0.39, 0.29) is 18.0 Å². The molecule has 0 saturated carbocycles. The van der Waals surface area contributed by atoms with Gasteiger partial charge in [0.1, 0.15) is 5.70 Å². The summed E-state index contributed by atoms with van der Waals surface area (Å²) in [5.74, 6) is -0.962. The van der Waals surface area contributed by atoms with Crippen LogP contribution in [0.2, 0.25) is 0 Å². The molecule has 3 amide bonds. The highest BCUT2D eigenvalue weighted by Crippen LogP contribution is 2.30. The van der Waals surface area contributed by atoms with Gasteiger partial charge in [-0.25, -0.2) is 9.59 Å². The molecule has 1 heterocycles. The van der Waals surface area contributed by atoms with E-state index in [1.54, 1.807) is 18.2 Å². The van der Waals surface area contributed by atoms with Crippen molar-refractivity contribution in [1.29, 1.82) is 0 Å². The molecule has 3 rings (SSSR count). The summed E-state index contributed by atoms with van der Waals surface area (Å²) in [5.41, 5.74) is 1.57. The van der Waals surface area contributed by atoms with E-state index >= 15 is 0 Å². The van der Waals surface area contributed by atoms with Crippen molar-refractivity contribution in [2.24, 2.45) is 0 Å². The number of aliphatic carboxylic acids is 1. The first-order valence-electron chi connectivity index (χ1n) is 8.85. The Morgan fingerprint density at radius 2 is 1.90 bits per heavy atom. The van der Waals surface area contributed by atoms with Crippen LogP contribution in [0, 0.1) is 0 Å². The number of carboxylic acid groups (broad SMARTS) is 1. The lowest BCUT2D eigenvalue weighted by Crippen LogP contribution is -2.30. The Hall–Kier alpha value is -3.81. The number of hydrogen-bond acceptors (Lipinski definition) is 5. The van der Waals surface area contributed by atoms with Crippen molar-refractivity contribution < 1.29 is 29.0 Å². The standard InChI is InChI=1S/C21H20N2O6/c1-13(20(25)26)29-17-9-8-15(11-18(17)28-2)10-16-19(24)23(21(27)22-16)12-14-6-4-3-5-7-14/h3-11,13H,12H2,1-2H3,(H,22,27)(H,25,26). The second kappa shape index (κ2) is 8.47. The first kappa shape index (κ1) is 19.9. The highest BCUT2D eigenvalue weighted by molar-refractivity contribution is 6.13. The number of imide groups is 1. The maximum absolute atomic E-state index is 12.6.